The van der Waals surface area contributed by atoms with Gasteiger partial charge in [-0.05, 0) is 36.4 Å². The number of benzene rings is 3. The molecule has 5 rings (SSSR count). The molecule has 8 heteroatoms. The van der Waals surface area contributed by atoms with E-state index >= 15 is 0 Å². The Morgan fingerprint density at radius 3 is 2.26 bits per heavy atom. The zero-order valence-electron chi connectivity index (χ0n) is 19.5. The molecule has 3 aromatic carbocycles. The lowest BCUT2D eigenvalue weighted by molar-refractivity contribution is 0.324. The van der Waals surface area contributed by atoms with Crippen molar-refractivity contribution in [2.45, 2.75) is 0 Å². The molecular weight excluding hydrogens is 462 g/mol. The Hall–Kier alpha value is -4.30. The molecule has 0 saturated carbocycles. The van der Waals surface area contributed by atoms with Crippen LogP contribution in [0.5, 0.6) is 17.2 Å². The van der Waals surface area contributed by atoms with Gasteiger partial charge in [-0.1, -0.05) is 36.4 Å². The number of thiazole rings is 1. The normalized spacial score (nSPS) is 11.9. The maximum Gasteiger partial charge on any atom is 0.211 e. The third kappa shape index (κ3) is 4.56. The number of fused-ring (bicyclic) bond motifs is 1. The van der Waals surface area contributed by atoms with E-state index in [1.54, 1.807) is 32.2 Å². The van der Waals surface area contributed by atoms with E-state index in [1.165, 1.54) is 11.3 Å². The van der Waals surface area contributed by atoms with Gasteiger partial charge >= 0.3 is 0 Å². The largest absolute Gasteiger partial charge is 0.493 e. The molecule has 0 aliphatic rings. The van der Waals surface area contributed by atoms with Crippen LogP contribution in [0.2, 0.25) is 0 Å². The van der Waals surface area contributed by atoms with Crippen molar-refractivity contribution in [3.63, 3.8) is 0 Å². The Labute approximate surface area is 206 Å². The minimum atomic E-state index is 0.526. The Balaban J connectivity index is 1.65. The molecular formula is C27H23N3O4S. The smallest absolute Gasteiger partial charge is 0.211 e. The summed E-state index contributed by atoms with van der Waals surface area (Å²) in [6.45, 7) is 0. The summed E-state index contributed by atoms with van der Waals surface area (Å²) >= 11 is 1.49. The number of hydrogen-bond donors (Lipinski definition) is 0. The second-order valence-electron chi connectivity index (χ2n) is 7.51. The molecule has 0 amide bonds. The molecule has 35 heavy (non-hydrogen) atoms. The summed E-state index contributed by atoms with van der Waals surface area (Å²) < 4.78 is 24.3. The first kappa shape index (κ1) is 22.5. The van der Waals surface area contributed by atoms with Crippen molar-refractivity contribution in [1.82, 2.24) is 4.68 Å². The Morgan fingerprint density at radius 2 is 1.57 bits per heavy atom. The maximum absolute atomic E-state index is 6.13. The minimum Gasteiger partial charge on any atom is -0.493 e. The van der Waals surface area contributed by atoms with Gasteiger partial charge in [0.1, 0.15) is 11.3 Å². The first-order chi connectivity index (χ1) is 17.2. The third-order valence-corrected chi connectivity index (χ3v) is 6.17. The van der Waals surface area contributed by atoms with Crippen LogP contribution in [0.3, 0.4) is 0 Å². The summed E-state index contributed by atoms with van der Waals surface area (Å²) in [6.07, 6.45) is 1.73. The number of methoxy groups -OCH3 is 3. The number of rotatable bonds is 7. The highest BCUT2D eigenvalue weighted by Crippen LogP contribution is 2.37. The van der Waals surface area contributed by atoms with Crippen LogP contribution in [-0.2, 0) is 0 Å². The molecule has 0 bridgehead atoms. The fourth-order valence-corrected chi connectivity index (χ4v) is 4.52. The average molecular weight is 486 g/mol. The van der Waals surface area contributed by atoms with Crippen molar-refractivity contribution >= 4 is 34.2 Å². The lowest BCUT2D eigenvalue weighted by Crippen LogP contribution is -2.11. The molecule has 2 aromatic heterocycles. The van der Waals surface area contributed by atoms with E-state index in [0.717, 1.165) is 27.9 Å². The van der Waals surface area contributed by atoms with Gasteiger partial charge in [0, 0.05) is 16.3 Å². The summed E-state index contributed by atoms with van der Waals surface area (Å²) in [6, 6.07) is 23.4. The molecule has 0 unspecified atom stereocenters. The van der Waals surface area contributed by atoms with Gasteiger partial charge < -0.3 is 18.6 Å². The van der Waals surface area contributed by atoms with Crippen LogP contribution in [0.4, 0.5) is 5.69 Å². The Bertz CT molecular complexity index is 1510. The zero-order valence-corrected chi connectivity index (χ0v) is 20.3. The molecule has 2 heterocycles. The molecule has 7 nitrogen and oxygen atoms in total. The monoisotopic (exact) mass is 485 g/mol. The van der Waals surface area contributed by atoms with Crippen LogP contribution < -0.4 is 19.0 Å². The van der Waals surface area contributed by atoms with E-state index in [9.17, 15) is 0 Å². The average Bonchev–Trinajstić information content (AvgIpc) is 3.51. The topological polar surface area (TPSA) is 70.5 Å². The molecule has 176 valence electrons. The van der Waals surface area contributed by atoms with E-state index in [4.69, 9.17) is 28.7 Å². The second kappa shape index (κ2) is 9.90. The lowest BCUT2D eigenvalue weighted by Gasteiger charge is -2.12. The van der Waals surface area contributed by atoms with Crippen LogP contribution in [0.15, 0.2) is 92.7 Å². The van der Waals surface area contributed by atoms with Gasteiger partial charge in [0.25, 0.3) is 0 Å². The highest BCUT2D eigenvalue weighted by molar-refractivity contribution is 7.07. The fourth-order valence-electron chi connectivity index (χ4n) is 3.68. The van der Waals surface area contributed by atoms with Crippen molar-refractivity contribution in [2.75, 3.05) is 21.3 Å². The number of furan rings is 1. The van der Waals surface area contributed by atoms with Crippen molar-refractivity contribution in [3.8, 4) is 28.7 Å². The van der Waals surface area contributed by atoms with Crippen LogP contribution in [0.1, 0.15) is 5.56 Å². The summed E-state index contributed by atoms with van der Waals surface area (Å²) in [5.74, 6) is 2.34. The molecule has 0 aliphatic carbocycles. The summed E-state index contributed by atoms with van der Waals surface area (Å²) in [5.41, 5.74) is 3.22. The summed E-state index contributed by atoms with van der Waals surface area (Å²) in [4.78, 5) is 5.51. The van der Waals surface area contributed by atoms with E-state index in [-0.39, 0.29) is 0 Å². The zero-order chi connectivity index (χ0) is 24.2. The molecule has 0 saturated heterocycles. The SMILES string of the molecule is COc1cc(C=Nn2c(-c3cc4ccccc4o3)csc2=Nc2ccccc2)cc(OC)c1OC. The van der Waals surface area contributed by atoms with Crippen LogP contribution in [0.25, 0.3) is 22.4 Å². The van der Waals surface area contributed by atoms with Crippen molar-refractivity contribution in [1.29, 1.82) is 0 Å². The number of nitrogens with zero attached hydrogens (tertiary/aromatic N) is 3. The van der Waals surface area contributed by atoms with E-state index in [2.05, 4.69) is 0 Å². The van der Waals surface area contributed by atoms with E-state index in [0.29, 0.717) is 27.8 Å². The molecule has 0 atom stereocenters. The predicted molar refractivity (Wildman–Crippen MR) is 138 cm³/mol. The molecule has 0 fully saturated rings. The maximum atomic E-state index is 6.13. The highest BCUT2D eigenvalue weighted by atomic mass is 32.1. The quantitative estimate of drug-likeness (QED) is 0.261. The molecule has 0 spiro atoms. The van der Waals surface area contributed by atoms with Gasteiger partial charge in [0.15, 0.2) is 17.3 Å². The third-order valence-electron chi connectivity index (χ3n) is 5.35. The second-order valence-corrected chi connectivity index (χ2v) is 8.35. The molecule has 5 aromatic rings. The van der Waals surface area contributed by atoms with Gasteiger partial charge in [-0.25, -0.2) is 9.67 Å². The van der Waals surface area contributed by atoms with Crippen molar-refractivity contribution in [3.05, 3.63) is 88.5 Å². The van der Waals surface area contributed by atoms with Crippen molar-refractivity contribution in [2.24, 2.45) is 10.1 Å². The highest BCUT2D eigenvalue weighted by Gasteiger charge is 2.15. The number of para-hydroxylation sites is 2. The van der Waals surface area contributed by atoms with Gasteiger partial charge in [-0.3, -0.25) is 0 Å². The van der Waals surface area contributed by atoms with Gasteiger partial charge in [-0.2, -0.15) is 5.10 Å². The minimum absolute atomic E-state index is 0.526. The van der Waals surface area contributed by atoms with Gasteiger partial charge in [0.05, 0.1) is 33.2 Å². The van der Waals surface area contributed by atoms with Crippen molar-refractivity contribution < 1.29 is 18.6 Å². The predicted octanol–water partition coefficient (Wildman–Crippen LogP) is 6.10. The van der Waals surface area contributed by atoms with Crippen LogP contribution >= 0.6 is 11.3 Å². The standard InChI is InChI=1S/C27H23N3O4S/c1-31-24-13-18(14-25(32-2)26(24)33-3)16-28-30-21(23-15-19-9-7-8-12-22(19)34-23)17-35-27(30)29-20-10-5-4-6-11-20/h4-17H,1-3H3. The first-order valence-corrected chi connectivity index (χ1v) is 11.7. The molecule has 0 radical (unpaired) electrons. The number of aromatic nitrogens is 1. The molecule has 0 N–H and O–H groups in total. The summed E-state index contributed by atoms with van der Waals surface area (Å²) in [7, 11) is 4.75. The van der Waals surface area contributed by atoms with Crippen LogP contribution in [0, 0.1) is 0 Å². The van der Waals surface area contributed by atoms with E-state index < -0.39 is 0 Å². The number of hydrogen-bond acceptors (Lipinski definition) is 7. The van der Waals surface area contributed by atoms with E-state index in [1.807, 2.05) is 78.2 Å². The Kier molecular flexibility index (Phi) is 6.36. The van der Waals surface area contributed by atoms with Crippen LogP contribution in [-0.4, -0.2) is 32.2 Å². The first-order valence-electron chi connectivity index (χ1n) is 10.8. The fraction of sp³-hybridized carbons (Fsp3) is 0.111. The summed E-state index contributed by atoms with van der Waals surface area (Å²) in [5, 5.41) is 7.80. The Morgan fingerprint density at radius 1 is 0.857 bits per heavy atom. The van der Waals surface area contributed by atoms with Gasteiger partial charge in [0.2, 0.25) is 10.6 Å². The molecule has 0 aliphatic heterocycles. The number of ether oxygens (including phenoxy) is 3. The van der Waals surface area contributed by atoms with Gasteiger partial charge in [-0.15, -0.1) is 11.3 Å². The lowest BCUT2D eigenvalue weighted by atomic mass is 10.2.